The molecule has 0 aliphatic heterocycles. The first-order chi connectivity index (χ1) is 8.56. The van der Waals surface area contributed by atoms with Crippen molar-refractivity contribution in [2.75, 3.05) is 33.4 Å². The Labute approximate surface area is 115 Å². The fourth-order valence-electron chi connectivity index (χ4n) is 1.08. The lowest BCUT2D eigenvalue weighted by Gasteiger charge is -2.14. The smallest absolute Gasteiger partial charge is 0.396 e. The molecule has 9 heteroatoms. The second kappa shape index (κ2) is 11.0. The zero-order chi connectivity index (χ0) is 15.5. The summed E-state index contributed by atoms with van der Waals surface area (Å²) in [6.45, 7) is 5.35. The first-order valence-electron chi connectivity index (χ1n) is 6.22. The van der Waals surface area contributed by atoms with Crippen LogP contribution in [-0.4, -0.2) is 58.1 Å². The van der Waals surface area contributed by atoms with Gasteiger partial charge in [0.25, 0.3) is 0 Å². The van der Waals surface area contributed by atoms with Crippen molar-refractivity contribution < 1.29 is 28.9 Å². The summed E-state index contributed by atoms with van der Waals surface area (Å²) in [6, 6.07) is 0. The standard InChI is InChI=1S/C9H21NO.CH6O5P2/c1-3-4-5-7-10(2)8-6-9-11;1-7(2,3)8(4,5)6/h11H,3-9H2,1-2H3;1H3,(H,2,3)(H2,4,5,6). The Morgan fingerprint density at radius 3 is 1.74 bits per heavy atom. The monoisotopic (exact) mass is 319 g/mol. The van der Waals surface area contributed by atoms with Crippen LogP contribution >= 0.6 is 14.3 Å². The van der Waals surface area contributed by atoms with E-state index in [0.29, 0.717) is 13.3 Å². The molecule has 118 valence electrons. The Morgan fingerprint density at radius 1 is 1.00 bits per heavy atom. The van der Waals surface area contributed by atoms with Crippen molar-refractivity contribution in [3.63, 3.8) is 0 Å². The van der Waals surface area contributed by atoms with Crippen molar-refractivity contribution in [2.24, 2.45) is 0 Å². The van der Waals surface area contributed by atoms with Gasteiger partial charge in [-0.2, -0.15) is 0 Å². The van der Waals surface area contributed by atoms with Gasteiger partial charge in [-0.15, -0.1) is 0 Å². The molecule has 0 aliphatic carbocycles. The topological polar surface area (TPSA) is 118 Å². The molecule has 0 rings (SSSR count). The van der Waals surface area contributed by atoms with Crippen LogP contribution in [0.5, 0.6) is 0 Å². The van der Waals surface area contributed by atoms with Crippen molar-refractivity contribution in [1.82, 2.24) is 4.90 Å². The molecule has 0 fully saturated rings. The van der Waals surface area contributed by atoms with Crippen LogP contribution in [0.15, 0.2) is 0 Å². The summed E-state index contributed by atoms with van der Waals surface area (Å²) in [5.74, 6) is 0. The lowest BCUT2D eigenvalue weighted by Crippen LogP contribution is -2.21. The molecule has 19 heavy (non-hydrogen) atoms. The molecule has 1 unspecified atom stereocenters. The van der Waals surface area contributed by atoms with Gasteiger partial charge in [-0.25, -0.2) is 4.57 Å². The maximum absolute atomic E-state index is 10.0. The first-order valence-corrected chi connectivity index (χ1v) is 10.6. The predicted octanol–water partition coefficient (Wildman–Crippen LogP) is 1.47. The highest BCUT2D eigenvalue weighted by molar-refractivity contribution is 8.28. The molecule has 0 bridgehead atoms. The van der Waals surface area contributed by atoms with Gasteiger partial charge in [-0.1, -0.05) is 19.8 Å². The van der Waals surface area contributed by atoms with E-state index in [2.05, 4.69) is 18.9 Å². The molecule has 1 atom stereocenters. The summed E-state index contributed by atoms with van der Waals surface area (Å²) in [5.41, 5.74) is 0. The van der Waals surface area contributed by atoms with Crippen molar-refractivity contribution >= 4 is 14.3 Å². The Bertz CT molecular complexity index is 280. The highest BCUT2D eigenvalue weighted by Gasteiger charge is 2.33. The van der Waals surface area contributed by atoms with Crippen LogP contribution in [-0.2, 0) is 9.13 Å². The molecular formula is C10H27NO6P2. The van der Waals surface area contributed by atoms with E-state index in [9.17, 15) is 9.13 Å². The van der Waals surface area contributed by atoms with Crippen LogP contribution in [0, 0.1) is 0 Å². The number of unbranched alkanes of at least 4 members (excludes halogenated alkanes) is 2. The minimum atomic E-state index is -4.74. The number of rotatable bonds is 8. The largest absolute Gasteiger partial charge is 0.407 e. The summed E-state index contributed by atoms with van der Waals surface area (Å²) in [4.78, 5) is 26.3. The summed E-state index contributed by atoms with van der Waals surface area (Å²) in [6.07, 6.45) is 4.80. The quantitative estimate of drug-likeness (QED) is 0.395. The van der Waals surface area contributed by atoms with Gasteiger partial charge in [0.15, 0.2) is 0 Å². The summed E-state index contributed by atoms with van der Waals surface area (Å²) in [7, 11) is -6.80. The molecule has 4 N–H and O–H groups in total. The van der Waals surface area contributed by atoms with Crippen molar-refractivity contribution in [3.8, 4) is 0 Å². The van der Waals surface area contributed by atoms with E-state index >= 15 is 0 Å². The molecule has 0 aromatic heterocycles. The lowest BCUT2D eigenvalue weighted by atomic mass is 10.2. The van der Waals surface area contributed by atoms with Crippen molar-refractivity contribution in [1.29, 1.82) is 0 Å². The van der Waals surface area contributed by atoms with Gasteiger partial charge in [0.1, 0.15) is 0 Å². The summed E-state index contributed by atoms with van der Waals surface area (Å²) < 4.78 is 19.9. The second-order valence-corrected chi connectivity index (χ2v) is 10.9. The Hall–Kier alpha value is 0.260. The fraction of sp³-hybridized carbons (Fsp3) is 1.00. The summed E-state index contributed by atoms with van der Waals surface area (Å²) in [5, 5.41) is 8.56. The third-order valence-electron chi connectivity index (χ3n) is 2.32. The average Bonchev–Trinajstić information content (AvgIpc) is 2.25. The zero-order valence-electron chi connectivity index (χ0n) is 11.9. The second-order valence-electron chi connectivity index (χ2n) is 4.44. The minimum Gasteiger partial charge on any atom is -0.396 e. The van der Waals surface area contributed by atoms with E-state index in [1.807, 2.05) is 0 Å². The third kappa shape index (κ3) is 14.5. The maximum atomic E-state index is 10.0. The first kappa shape index (κ1) is 21.6. The van der Waals surface area contributed by atoms with Gasteiger partial charge in [-0.3, -0.25) is 4.57 Å². The van der Waals surface area contributed by atoms with Gasteiger partial charge < -0.3 is 24.7 Å². The van der Waals surface area contributed by atoms with Gasteiger partial charge in [0.05, 0.1) is 0 Å². The van der Waals surface area contributed by atoms with E-state index in [1.165, 1.54) is 25.8 Å². The van der Waals surface area contributed by atoms with Crippen LogP contribution in [0.2, 0.25) is 0 Å². The molecular weight excluding hydrogens is 292 g/mol. The zero-order valence-corrected chi connectivity index (χ0v) is 13.7. The van der Waals surface area contributed by atoms with Crippen molar-refractivity contribution in [2.45, 2.75) is 32.6 Å². The van der Waals surface area contributed by atoms with Gasteiger partial charge in [-0.05, 0) is 26.4 Å². The molecule has 0 heterocycles. The average molecular weight is 319 g/mol. The number of hydrogen-bond acceptors (Lipinski definition) is 4. The molecule has 7 nitrogen and oxygen atoms in total. The minimum absolute atomic E-state index is 0.318. The van der Waals surface area contributed by atoms with Crippen LogP contribution in [0.1, 0.15) is 32.6 Å². The van der Waals surface area contributed by atoms with Crippen LogP contribution in [0.4, 0.5) is 0 Å². The predicted molar refractivity (Wildman–Crippen MR) is 76.5 cm³/mol. The van der Waals surface area contributed by atoms with Gasteiger partial charge >= 0.3 is 14.3 Å². The van der Waals surface area contributed by atoms with Crippen LogP contribution < -0.4 is 0 Å². The number of aliphatic hydroxyl groups excluding tert-OH is 1. The Balaban J connectivity index is 0. The van der Waals surface area contributed by atoms with E-state index in [4.69, 9.17) is 19.8 Å². The van der Waals surface area contributed by atoms with Gasteiger partial charge in [0, 0.05) is 19.8 Å². The SMILES string of the molecule is CCCCCN(C)CCCO.CP(=O)(O)P(=O)(O)O. The molecule has 0 radical (unpaired) electrons. The lowest BCUT2D eigenvalue weighted by molar-refractivity contribution is 0.245. The molecule has 0 aliphatic rings. The Morgan fingerprint density at radius 2 is 1.42 bits per heavy atom. The van der Waals surface area contributed by atoms with Gasteiger partial charge in [0.2, 0.25) is 0 Å². The third-order valence-corrected chi connectivity index (χ3v) is 6.19. The van der Waals surface area contributed by atoms with E-state index in [1.54, 1.807) is 0 Å². The van der Waals surface area contributed by atoms with E-state index in [-0.39, 0.29) is 0 Å². The number of hydrogen-bond donors (Lipinski definition) is 4. The Kier molecular flexibility index (Phi) is 12.5. The highest BCUT2D eigenvalue weighted by atomic mass is 32.1. The van der Waals surface area contributed by atoms with Crippen LogP contribution in [0.25, 0.3) is 0 Å². The fourth-order valence-corrected chi connectivity index (χ4v) is 1.08. The molecule has 0 aromatic carbocycles. The molecule has 0 saturated carbocycles. The highest BCUT2D eigenvalue weighted by Crippen LogP contribution is 2.71. The maximum Gasteiger partial charge on any atom is 0.407 e. The summed E-state index contributed by atoms with van der Waals surface area (Å²) >= 11 is 0. The normalized spacial score (nSPS) is 14.7. The van der Waals surface area contributed by atoms with Crippen LogP contribution in [0.3, 0.4) is 0 Å². The number of nitrogens with zero attached hydrogens (tertiary/aromatic N) is 1. The van der Waals surface area contributed by atoms with E-state index in [0.717, 1.165) is 13.0 Å². The van der Waals surface area contributed by atoms with E-state index < -0.39 is 14.3 Å². The molecule has 0 aromatic rings. The molecule has 0 amide bonds. The molecule has 0 spiro atoms. The number of aliphatic hydroxyl groups is 1. The van der Waals surface area contributed by atoms with Crippen molar-refractivity contribution in [3.05, 3.63) is 0 Å². The molecule has 0 saturated heterocycles.